The van der Waals surface area contributed by atoms with Crippen LogP contribution < -0.4 is 10.1 Å². The van der Waals surface area contributed by atoms with Gasteiger partial charge >= 0.3 is 11.9 Å². The minimum absolute atomic E-state index is 0.0158. The average molecular weight is 480 g/mol. The van der Waals surface area contributed by atoms with Crippen molar-refractivity contribution in [2.24, 2.45) is 0 Å². The van der Waals surface area contributed by atoms with Crippen LogP contribution in [0.15, 0.2) is 46.4 Å². The van der Waals surface area contributed by atoms with Crippen molar-refractivity contribution in [1.82, 2.24) is 0 Å². The molecule has 0 saturated heterocycles. The van der Waals surface area contributed by atoms with E-state index in [1.54, 1.807) is 6.07 Å². The van der Waals surface area contributed by atoms with E-state index >= 15 is 0 Å². The number of rotatable bonds is 7. The predicted octanol–water partition coefficient (Wildman–Crippen LogP) is 3.81. The van der Waals surface area contributed by atoms with Gasteiger partial charge in [0, 0.05) is 5.69 Å². The molecule has 0 saturated carbocycles. The third kappa shape index (κ3) is 6.07. The number of carbonyl (C=O) groups is 3. The molecule has 29 heavy (non-hydrogen) atoms. The highest BCUT2D eigenvalue weighted by Gasteiger charge is 2.14. The molecule has 0 aliphatic heterocycles. The van der Waals surface area contributed by atoms with Crippen molar-refractivity contribution in [1.29, 1.82) is 5.26 Å². The van der Waals surface area contributed by atoms with Gasteiger partial charge in [0.15, 0.2) is 12.4 Å². The Balaban J connectivity index is 2.26. The van der Waals surface area contributed by atoms with Crippen molar-refractivity contribution >= 4 is 57.1 Å². The second-order valence-corrected chi connectivity index (χ2v) is 6.77. The first-order chi connectivity index (χ1) is 13.7. The summed E-state index contributed by atoms with van der Waals surface area (Å²) < 4.78 is 5.42. The minimum Gasteiger partial charge on any atom is -0.479 e. The molecular formula is C19H12BrClN2O6. The maximum atomic E-state index is 12.4. The van der Waals surface area contributed by atoms with Crippen molar-refractivity contribution < 1.29 is 29.3 Å². The zero-order chi connectivity index (χ0) is 21.6. The average Bonchev–Trinajstić information content (AvgIpc) is 2.65. The summed E-state index contributed by atoms with van der Waals surface area (Å²) in [6, 6.07) is 10.2. The van der Waals surface area contributed by atoms with Gasteiger partial charge in [-0.2, -0.15) is 5.26 Å². The Bertz CT molecular complexity index is 1040. The van der Waals surface area contributed by atoms with E-state index in [2.05, 4.69) is 21.2 Å². The Morgan fingerprint density at radius 3 is 2.55 bits per heavy atom. The Morgan fingerprint density at radius 2 is 1.97 bits per heavy atom. The fourth-order valence-electron chi connectivity index (χ4n) is 2.18. The minimum atomic E-state index is -1.17. The molecule has 0 fully saturated rings. The first-order valence-electron chi connectivity index (χ1n) is 7.81. The molecule has 0 spiro atoms. The van der Waals surface area contributed by atoms with E-state index in [4.69, 9.17) is 26.6 Å². The lowest BCUT2D eigenvalue weighted by molar-refractivity contribution is -0.139. The molecule has 0 atom stereocenters. The van der Waals surface area contributed by atoms with Crippen LogP contribution in [0.2, 0.25) is 5.02 Å². The normalized spacial score (nSPS) is 10.7. The Hall–Kier alpha value is -3.35. The summed E-state index contributed by atoms with van der Waals surface area (Å²) >= 11 is 9.29. The second-order valence-electron chi connectivity index (χ2n) is 5.51. The molecule has 0 unspecified atom stereocenters. The monoisotopic (exact) mass is 478 g/mol. The van der Waals surface area contributed by atoms with Crippen LogP contribution in [0.1, 0.15) is 15.9 Å². The standard InChI is InChI=1S/C19H12BrClN2O6/c20-14-5-10(6-15(21)17(14)29-9-16(24)25)4-12(8-22)18(26)23-13-3-1-2-11(7-13)19(27)28/h1-7H,9H2,(H,23,26)(H,24,25)(H,27,28)/b12-4-. The summed E-state index contributed by atoms with van der Waals surface area (Å²) in [5.41, 5.74) is 0.328. The van der Waals surface area contributed by atoms with Gasteiger partial charge in [0.25, 0.3) is 5.91 Å². The number of halogens is 2. The molecule has 2 aromatic carbocycles. The highest BCUT2D eigenvalue weighted by atomic mass is 79.9. The zero-order valence-corrected chi connectivity index (χ0v) is 16.8. The van der Waals surface area contributed by atoms with Gasteiger partial charge in [-0.3, -0.25) is 4.79 Å². The summed E-state index contributed by atoms with van der Waals surface area (Å²) in [6.45, 7) is -0.589. The number of hydrogen-bond donors (Lipinski definition) is 3. The molecule has 3 N–H and O–H groups in total. The third-order valence-corrected chi connectivity index (χ3v) is 4.27. The van der Waals surface area contributed by atoms with Gasteiger partial charge in [0.1, 0.15) is 11.6 Å². The summed E-state index contributed by atoms with van der Waals surface area (Å²) in [7, 11) is 0. The van der Waals surface area contributed by atoms with Crippen LogP contribution in [0, 0.1) is 11.3 Å². The van der Waals surface area contributed by atoms with E-state index in [0.29, 0.717) is 10.0 Å². The summed E-state index contributed by atoms with van der Waals surface area (Å²) in [4.78, 5) is 34.0. The molecule has 148 valence electrons. The lowest BCUT2D eigenvalue weighted by Crippen LogP contribution is -2.14. The number of aromatic carboxylic acids is 1. The second kappa shape index (κ2) is 9.73. The third-order valence-electron chi connectivity index (χ3n) is 3.40. The summed E-state index contributed by atoms with van der Waals surface area (Å²) in [5.74, 6) is -2.96. The number of nitrogens with one attached hydrogen (secondary N) is 1. The molecule has 0 bridgehead atoms. The molecule has 0 heterocycles. The largest absolute Gasteiger partial charge is 0.479 e. The van der Waals surface area contributed by atoms with Gasteiger partial charge < -0.3 is 20.3 Å². The molecule has 0 radical (unpaired) electrons. The highest BCUT2D eigenvalue weighted by Crippen LogP contribution is 2.35. The maximum absolute atomic E-state index is 12.4. The van der Waals surface area contributed by atoms with E-state index in [0.717, 1.165) is 0 Å². The molecule has 0 aliphatic carbocycles. The number of ether oxygens (including phenoxy) is 1. The molecule has 10 heteroatoms. The number of carboxylic acids is 2. The number of aliphatic carboxylic acids is 1. The fraction of sp³-hybridized carbons (Fsp3) is 0.0526. The molecule has 2 rings (SSSR count). The highest BCUT2D eigenvalue weighted by molar-refractivity contribution is 9.10. The van der Waals surface area contributed by atoms with Crippen molar-refractivity contribution in [3.05, 3.63) is 62.6 Å². The van der Waals surface area contributed by atoms with Crippen LogP contribution >= 0.6 is 27.5 Å². The number of nitriles is 1. The van der Waals surface area contributed by atoms with Crippen LogP contribution in [0.4, 0.5) is 5.69 Å². The number of nitrogens with zero attached hydrogens (tertiary/aromatic N) is 1. The van der Waals surface area contributed by atoms with Gasteiger partial charge in [0.2, 0.25) is 0 Å². The fourth-order valence-corrected chi connectivity index (χ4v) is 3.17. The molecule has 8 nitrogen and oxygen atoms in total. The van der Waals surface area contributed by atoms with Crippen molar-refractivity contribution in [3.8, 4) is 11.8 Å². The molecule has 2 aromatic rings. The van der Waals surface area contributed by atoms with Crippen LogP contribution in [0.25, 0.3) is 6.08 Å². The van der Waals surface area contributed by atoms with Crippen LogP contribution in [-0.4, -0.2) is 34.7 Å². The van der Waals surface area contributed by atoms with Crippen molar-refractivity contribution in [2.75, 3.05) is 11.9 Å². The van der Waals surface area contributed by atoms with E-state index in [1.165, 1.54) is 42.5 Å². The smallest absolute Gasteiger partial charge is 0.341 e. The number of hydrogen-bond acceptors (Lipinski definition) is 5. The topological polar surface area (TPSA) is 137 Å². The van der Waals surface area contributed by atoms with Gasteiger partial charge in [-0.1, -0.05) is 17.7 Å². The predicted molar refractivity (Wildman–Crippen MR) is 108 cm³/mol. The van der Waals surface area contributed by atoms with E-state index < -0.39 is 24.5 Å². The first-order valence-corrected chi connectivity index (χ1v) is 8.98. The summed E-state index contributed by atoms with van der Waals surface area (Å²) in [6.07, 6.45) is 1.27. The number of amides is 1. The quantitative estimate of drug-likeness (QED) is 0.405. The lowest BCUT2D eigenvalue weighted by Gasteiger charge is -2.10. The van der Waals surface area contributed by atoms with Gasteiger partial charge in [-0.15, -0.1) is 0 Å². The SMILES string of the molecule is N#C/C(=C/c1cc(Cl)c(OCC(=O)O)c(Br)c1)C(=O)Nc1cccc(C(=O)O)c1. The van der Waals surface area contributed by atoms with Crippen molar-refractivity contribution in [2.45, 2.75) is 0 Å². The van der Waals surface area contributed by atoms with Crippen LogP contribution in [-0.2, 0) is 9.59 Å². The van der Waals surface area contributed by atoms with Crippen LogP contribution in [0.5, 0.6) is 5.75 Å². The Morgan fingerprint density at radius 1 is 1.24 bits per heavy atom. The molecule has 1 amide bonds. The van der Waals surface area contributed by atoms with E-state index in [9.17, 15) is 19.6 Å². The van der Waals surface area contributed by atoms with Gasteiger partial charge in [-0.25, -0.2) is 9.59 Å². The Labute approximate surface area is 178 Å². The summed E-state index contributed by atoms with van der Waals surface area (Å²) in [5, 5.41) is 29.5. The van der Waals surface area contributed by atoms with Crippen LogP contribution in [0.3, 0.4) is 0 Å². The molecular weight excluding hydrogens is 468 g/mol. The van der Waals surface area contributed by atoms with Gasteiger partial charge in [0.05, 0.1) is 15.1 Å². The number of carbonyl (C=O) groups excluding carboxylic acids is 1. The maximum Gasteiger partial charge on any atom is 0.341 e. The van der Waals surface area contributed by atoms with Crippen molar-refractivity contribution in [3.63, 3.8) is 0 Å². The molecule has 0 aliphatic rings. The molecule has 0 aromatic heterocycles. The Kier molecular flexibility index (Phi) is 7.36. The number of benzene rings is 2. The van der Waals surface area contributed by atoms with E-state index in [1.807, 2.05) is 0 Å². The van der Waals surface area contributed by atoms with Gasteiger partial charge in [-0.05, 0) is 57.9 Å². The number of carboxylic acid groups (broad SMARTS) is 2. The number of anilines is 1. The van der Waals surface area contributed by atoms with E-state index in [-0.39, 0.29) is 27.6 Å². The zero-order valence-electron chi connectivity index (χ0n) is 14.5. The lowest BCUT2D eigenvalue weighted by atomic mass is 10.1. The first kappa shape index (κ1) is 21.9.